The third-order valence-electron chi connectivity index (χ3n) is 3.14. The zero-order valence-electron chi connectivity index (χ0n) is 9.19. The Morgan fingerprint density at radius 2 is 2.53 bits per heavy atom. The molecule has 2 rings (SSSR count). The van der Waals surface area contributed by atoms with Gasteiger partial charge >= 0.3 is 0 Å². The molecule has 0 radical (unpaired) electrons. The Kier molecular flexibility index (Phi) is 2.80. The summed E-state index contributed by atoms with van der Waals surface area (Å²) in [6.07, 6.45) is 6.12. The van der Waals surface area contributed by atoms with E-state index in [1.807, 2.05) is 19.3 Å². The highest BCUT2D eigenvalue weighted by atomic mass is 16.3. The third kappa shape index (κ3) is 2.58. The molecule has 1 fully saturated rings. The van der Waals surface area contributed by atoms with Crippen LogP contribution in [0, 0.1) is 0 Å². The average Bonchev–Trinajstić information content (AvgIpc) is 2.49. The van der Waals surface area contributed by atoms with E-state index in [0.29, 0.717) is 12.8 Å². The fourth-order valence-corrected chi connectivity index (χ4v) is 2.44. The monoisotopic (exact) mass is 209 g/mol. The maximum atomic E-state index is 10.4. The van der Waals surface area contributed by atoms with Crippen molar-refractivity contribution in [1.82, 2.24) is 9.78 Å². The normalized spacial score (nSPS) is 31.8. The minimum absolute atomic E-state index is 0.146. The topological polar surface area (TPSA) is 64.1 Å². The van der Waals surface area contributed by atoms with Crippen molar-refractivity contribution in [3.63, 3.8) is 0 Å². The van der Waals surface area contributed by atoms with Crippen LogP contribution in [0.2, 0.25) is 0 Å². The quantitative estimate of drug-likeness (QED) is 0.749. The number of nitrogens with two attached hydrogens (primary N) is 1. The Balaban J connectivity index is 2.03. The fourth-order valence-electron chi connectivity index (χ4n) is 2.44. The molecule has 1 aliphatic carbocycles. The van der Waals surface area contributed by atoms with Gasteiger partial charge in [-0.3, -0.25) is 4.68 Å². The second-order valence-corrected chi connectivity index (χ2v) is 4.74. The number of nitrogens with zero attached hydrogens (tertiary/aromatic N) is 2. The van der Waals surface area contributed by atoms with E-state index in [9.17, 15) is 5.11 Å². The predicted molar refractivity (Wildman–Crippen MR) is 58.3 cm³/mol. The molecule has 0 bridgehead atoms. The van der Waals surface area contributed by atoms with Gasteiger partial charge in [-0.25, -0.2) is 0 Å². The molecule has 0 aromatic carbocycles. The third-order valence-corrected chi connectivity index (χ3v) is 3.14. The van der Waals surface area contributed by atoms with Crippen molar-refractivity contribution >= 4 is 0 Å². The van der Waals surface area contributed by atoms with Gasteiger partial charge in [0.05, 0.1) is 11.3 Å². The summed E-state index contributed by atoms with van der Waals surface area (Å²) >= 11 is 0. The fraction of sp³-hybridized carbons (Fsp3) is 0.727. The number of hydrogen-bond donors (Lipinski definition) is 2. The highest BCUT2D eigenvalue weighted by Crippen LogP contribution is 2.30. The minimum atomic E-state index is -0.633. The highest BCUT2D eigenvalue weighted by Gasteiger charge is 2.33. The van der Waals surface area contributed by atoms with Gasteiger partial charge in [0.2, 0.25) is 0 Å². The molecule has 4 heteroatoms. The van der Waals surface area contributed by atoms with E-state index in [2.05, 4.69) is 5.10 Å². The van der Waals surface area contributed by atoms with E-state index in [1.165, 1.54) is 0 Å². The van der Waals surface area contributed by atoms with Gasteiger partial charge in [-0.15, -0.1) is 0 Å². The molecule has 15 heavy (non-hydrogen) atoms. The number of aromatic nitrogens is 2. The molecular weight excluding hydrogens is 190 g/mol. The van der Waals surface area contributed by atoms with E-state index in [-0.39, 0.29) is 6.04 Å². The maximum absolute atomic E-state index is 10.4. The molecule has 3 N–H and O–H groups in total. The first-order valence-electron chi connectivity index (χ1n) is 5.54. The molecule has 4 nitrogen and oxygen atoms in total. The average molecular weight is 209 g/mol. The van der Waals surface area contributed by atoms with Crippen molar-refractivity contribution in [3.8, 4) is 0 Å². The Morgan fingerprint density at radius 1 is 1.73 bits per heavy atom. The lowest BCUT2D eigenvalue weighted by Crippen LogP contribution is -2.42. The summed E-state index contributed by atoms with van der Waals surface area (Å²) in [6, 6.07) is 2.10. The van der Waals surface area contributed by atoms with Crippen LogP contribution in [0.1, 0.15) is 31.4 Å². The molecular formula is C11H19N3O. The lowest BCUT2D eigenvalue weighted by molar-refractivity contribution is -0.00278. The lowest BCUT2D eigenvalue weighted by atomic mass is 9.79. The van der Waals surface area contributed by atoms with Gasteiger partial charge in [0.15, 0.2) is 0 Å². The van der Waals surface area contributed by atoms with Gasteiger partial charge in [-0.2, -0.15) is 5.10 Å². The molecule has 1 saturated carbocycles. The number of aliphatic hydroxyl groups is 1. The molecule has 0 aliphatic heterocycles. The summed E-state index contributed by atoms with van der Waals surface area (Å²) in [4.78, 5) is 0. The summed E-state index contributed by atoms with van der Waals surface area (Å²) in [5, 5.41) is 14.7. The van der Waals surface area contributed by atoms with Crippen LogP contribution in [0.5, 0.6) is 0 Å². The first-order valence-corrected chi connectivity index (χ1v) is 5.54. The van der Waals surface area contributed by atoms with Gasteiger partial charge in [-0.05, 0) is 31.7 Å². The number of aryl methyl sites for hydroxylation is 1. The van der Waals surface area contributed by atoms with Crippen LogP contribution in [-0.4, -0.2) is 26.5 Å². The van der Waals surface area contributed by atoms with Crippen LogP contribution < -0.4 is 5.73 Å². The van der Waals surface area contributed by atoms with Crippen LogP contribution in [0.3, 0.4) is 0 Å². The zero-order chi connectivity index (χ0) is 10.9. The molecule has 0 amide bonds. The second kappa shape index (κ2) is 3.94. The minimum Gasteiger partial charge on any atom is -0.389 e. The summed E-state index contributed by atoms with van der Waals surface area (Å²) in [7, 11) is 1.89. The van der Waals surface area contributed by atoms with Crippen LogP contribution in [0.25, 0.3) is 0 Å². The van der Waals surface area contributed by atoms with Crippen LogP contribution >= 0.6 is 0 Å². The first kappa shape index (κ1) is 10.6. The molecule has 1 aromatic rings. The van der Waals surface area contributed by atoms with Crippen LogP contribution in [0.15, 0.2) is 12.3 Å². The summed E-state index contributed by atoms with van der Waals surface area (Å²) in [6.45, 7) is 0. The van der Waals surface area contributed by atoms with Crippen molar-refractivity contribution in [3.05, 3.63) is 18.0 Å². The van der Waals surface area contributed by atoms with Gasteiger partial charge in [0.1, 0.15) is 0 Å². The molecule has 1 heterocycles. The van der Waals surface area contributed by atoms with E-state index in [0.717, 1.165) is 25.0 Å². The SMILES string of the molecule is Cn1ccc(CC2(O)CCCC(N)C2)n1. The Bertz CT molecular complexity index is 336. The van der Waals surface area contributed by atoms with Crippen molar-refractivity contribution in [2.45, 2.75) is 43.7 Å². The molecule has 0 spiro atoms. The van der Waals surface area contributed by atoms with Crippen LogP contribution in [0.4, 0.5) is 0 Å². The highest BCUT2D eigenvalue weighted by molar-refractivity contribution is 5.05. The maximum Gasteiger partial charge on any atom is 0.0718 e. The van der Waals surface area contributed by atoms with Gasteiger partial charge in [-0.1, -0.05) is 0 Å². The molecule has 0 saturated heterocycles. The molecule has 1 aromatic heterocycles. The van der Waals surface area contributed by atoms with Crippen molar-refractivity contribution in [2.75, 3.05) is 0 Å². The largest absolute Gasteiger partial charge is 0.389 e. The van der Waals surface area contributed by atoms with E-state index >= 15 is 0 Å². The number of hydrogen-bond acceptors (Lipinski definition) is 3. The Morgan fingerprint density at radius 3 is 3.13 bits per heavy atom. The predicted octanol–water partition coefficient (Wildman–Crippen LogP) is 0.595. The zero-order valence-corrected chi connectivity index (χ0v) is 9.19. The van der Waals surface area contributed by atoms with E-state index in [4.69, 9.17) is 5.73 Å². The lowest BCUT2D eigenvalue weighted by Gasteiger charge is -2.34. The number of rotatable bonds is 2. The van der Waals surface area contributed by atoms with Gasteiger partial charge < -0.3 is 10.8 Å². The van der Waals surface area contributed by atoms with Gasteiger partial charge in [0.25, 0.3) is 0 Å². The summed E-state index contributed by atoms with van der Waals surface area (Å²) in [5.74, 6) is 0. The van der Waals surface area contributed by atoms with Crippen LogP contribution in [-0.2, 0) is 13.5 Å². The summed E-state index contributed by atoms with van der Waals surface area (Å²) in [5.41, 5.74) is 6.20. The standard InChI is InChI=1S/C11H19N3O/c1-14-6-4-10(13-14)8-11(15)5-2-3-9(12)7-11/h4,6,9,15H,2-3,5,7-8,12H2,1H3. The second-order valence-electron chi connectivity index (χ2n) is 4.74. The van der Waals surface area contributed by atoms with Crippen molar-refractivity contribution in [1.29, 1.82) is 0 Å². The van der Waals surface area contributed by atoms with E-state index in [1.54, 1.807) is 4.68 Å². The van der Waals surface area contributed by atoms with Crippen molar-refractivity contribution < 1.29 is 5.11 Å². The summed E-state index contributed by atoms with van der Waals surface area (Å²) < 4.78 is 1.77. The van der Waals surface area contributed by atoms with Crippen molar-refractivity contribution in [2.24, 2.45) is 12.8 Å². The smallest absolute Gasteiger partial charge is 0.0718 e. The molecule has 2 atom stereocenters. The molecule has 1 aliphatic rings. The van der Waals surface area contributed by atoms with E-state index < -0.39 is 5.60 Å². The Labute approximate surface area is 90.1 Å². The first-order chi connectivity index (χ1) is 7.07. The molecule has 84 valence electrons. The van der Waals surface area contributed by atoms with Gasteiger partial charge in [0, 0.05) is 25.7 Å². The Hall–Kier alpha value is -0.870. The molecule has 2 unspecified atom stereocenters.